The molecule has 0 amide bonds. The molecule has 3 aromatic rings. The highest BCUT2D eigenvalue weighted by Gasteiger charge is 2.43. The first-order chi connectivity index (χ1) is 17.1. The third-order valence-electron chi connectivity index (χ3n) is 8.21. The molecule has 2 nitrogen and oxygen atoms in total. The Labute approximate surface area is 212 Å². The number of hydrogen-bond acceptors (Lipinski definition) is 2. The third kappa shape index (κ3) is 5.52. The molecule has 0 aromatic heterocycles. The zero-order chi connectivity index (χ0) is 24.7. The van der Waals surface area contributed by atoms with Gasteiger partial charge in [-0.2, -0.15) is 0 Å². The van der Waals surface area contributed by atoms with Gasteiger partial charge in [0.1, 0.15) is 11.5 Å². The number of unbranched alkanes of at least 4 members (excludes halogenated alkanes) is 10. The summed E-state index contributed by atoms with van der Waals surface area (Å²) < 4.78 is 0. The van der Waals surface area contributed by atoms with E-state index < -0.39 is 0 Å². The van der Waals surface area contributed by atoms with E-state index in [-0.39, 0.29) is 5.41 Å². The van der Waals surface area contributed by atoms with Crippen molar-refractivity contribution in [3.63, 3.8) is 0 Å². The molecular weight excluding hydrogens is 428 g/mol. The molecule has 0 saturated carbocycles. The lowest BCUT2D eigenvalue weighted by molar-refractivity contribution is 0.397. The van der Waals surface area contributed by atoms with Gasteiger partial charge in [-0.1, -0.05) is 115 Å². The lowest BCUT2D eigenvalue weighted by Crippen LogP contribution is -2.26. The van der Waals surface area contributed by atoms with Crippen LogP contribution in [0.5, 0.6) is 11.5 Å². The number of aromatic hydroxyl groups is 2. The smallest absolute Gasteiger partial charge is 0.116 e. The second kappa shape index (κ2) is 12.0. The van der Waals surface area contributed by atoms with E-state index in [1.54, 1.807) is 0 Å². The van der Waals surface area contributed by atoms with Gasteiger partial charge in [-0.25, -0.2) is 0 Å². The molecule has 1 aliphatic carbocycles. The highest BCUT2D eigenvalue weighted by atomic mass is 16.3. The number of hydrogen-bond donors (Lipinski definition) is 2. The number of phenols is 2. The molecule has 0 heterocycles. The van der Waals surface area contributed by atoms with Gasteiger partial charge < -0.3 is 10.2 Å². The van der Waals surface area contributed by atoms with Gasteiger partial charge in [-0.3, -0.25) is 0 Å². The fourth-order valence-electron chi connectivity index (χ4n) is 6.41. The van der Waals surface area contributed by atoms with Crippen LogP contribution in [0.4, 0.5) is 0 Å². The quantitative estimate of drug-likeness (QED) is 0.229. The number of phenolic OH excluding ortho intramolecular Hbond substituents is 2. The van der Waals surface area contributed by atoms with Crippen molar-refractivity contribution >= 4 is 10.8 Å². The second-order valence-electron chi connectivity index (χ2n) is 10.7. The van der Waals surface area contributed by atoms with Crippen LogP contribution in [0.3, 0.4) is 0 Å². The van der Waals surface area contributed by atoms with Crippen LogP contribution in [-0.2, 0) is 5.41 Å². The molecule has 2 N–H and O–H groups in total. The summed E-state index contributed by atoms with van der Waals surface area (Å²) in [6.07, 6.45) is 17.7. The van der Waals surface area contributed by atoms with Gasteiger partial charge in [0.25, 0.3) is 0 Å². The zero-order valence-electron chi connectivity index (χ0n) is 21.9. The van der Waals surface area contributed by atoms with E-state index in [1.165, 1.54) is 105 Å². The monoisotopic (exact) mass is 472 g/mol. The van der Waals surface area contributed by atoms with Crippen molar-refractivity contribution in [2.45, 2.75) is 109 Å². The Morgan fingerprint density at radius 3 is 1.77 bits per heavy atom. The fourth-order valence-corrected chi connectivity index (χ4v) is 6.41. The Hall–Kier alpha value is -2.48. The molecule has 0 aliphatic heterocycles. The largest absolute Gasteiger partial charge is 0.508 e. The van der Waals surface area contributed by atoms with Crippen LogP contribution in [0.1, 0.15) is 115 Å². The van der Waals surface area contributed by atoms with Gasteiger partial charge in [0.2, 0.25) is 0 Å². The number of fused-ring (bicyclic) bond motifs is 5. The summed E-state index contributed by atoms with van der Waals surface area (Å²) in [6, 6.07) is 16.3. The molecule has 35 heavy (non-hydrogen) atoms. The summed E-state index contributed by atoms with van der Waals surface area (Å²) in [7, 11) is 0. The van der Waals surface area contributed by atoms with E-state index in [1.807, 2.05) is 18.2 Å². The van der Waals surface area contributed by atoms with E-state index in [2.05, 4.69) is 44.2 Å². The fraction of sp³-hybridized carbons (Fsp3) is 0.515. The van der Waals surface area contributed by atoms with Crippen LogP contribution < -0.4 is 0 Å². The Kier molecular flexibility index (Phi) is 8.76. The first-order valence-electron chi connectivity index (χ1n) is 14.2. The van der Waals surface area contributed by atoms with Crippen molar-refractivity contribution < 1.29 is 10.2 Å². The molecular formula is C33H44O2. The Morgan fingerprint density at radius 2 is 1.11 bits per heavy atom. The van der Waals surface area contributed by atoms with Crippen molar-refractivity contribution in [2.75, 3.05) is 0 Å². The van der Waals surface area contributed by atoms with Gasteiger partial charge in [0.15, 0.2) is 0 Å². The van der Waals surface area contributed by atoms with E-state index in [4.69, 9.17) is 0 Å². The van der Waals surface area contributed by atoms with Gasteiger partial charge in [0.05, 0.1) is 0 Å². The summed E-state index contributed by atoms with van der Waals surface area (Å²) in [5.74, 6) is 0.692. The van der Waals surface area contributed by atoms with Crippen molar-refractivity contribution in [3.05, 3.63) is 59.7 Å². The van der Waals surface area contributed by atoms with Crippen LogP contribution in [0.15, 0.2) is 48.5 Å². The number of rotatable bonds is 14. The molecule has 2 heteroatoms. The minimum Gasteiger partial charge on any atom is -0.508 e. The molecule has 0 bridgehead atoms. The molecule has 3 aromatic carbocycles. The average Bonchev–Trinajstić information content (AvgIpc) is 3.12. The molecule has 0 saturated heterocycles. The summed E-state index contributed by atoms with van der Waals surface area (Å²) in [5.41, 5.74) is 5.27. The Bertz CT molecular complexity index is 1100. The van der Waals surface area contributed by atoms with Gasteiger partial charge in [-0.05, 0) is 70.1 Å². The molecule has 1 aliphatic rings. The maximum Gasteiger partial charge on any atom is 0.116 e. The highest BCUT2D eigenvalue weighted by molar-refractivity contribution is 5.98. The maximum absolute atomic E-state index is 10.6. The van der Waals surface area contributed by atoms with Crippen molar-refractivity contribution in [2.24, 2.45) is 0 Å². The Morgan fingerprint density at radius 1 is 0.571 bits per heavy atom. The van der Waals surface area contributed by atoms with Crippen molar-refractivity contribution in [1.29, 1.82) is 0 Å². The topological polar surface area (TPSA) is 40.5 Å². The van der Waals surface area contributed by atoms with E-state index >= 15 is 0 Å². The second-order valence-corrected chi connectivity index (χ2v) is 10.7. The van der Waals surface area contributed by atoms with E-state index in [0.29, 0.717) is 11.5 Å². The summed E-state index contributed by atoms with van der Waals surface area (Å²) in [6.45, 7) is 4.55. The van der Waals surface area contributed by atoms with E-state index in [0.717, 1.165) is 18.2 Å². The lowest BCUT2D eigenvalue weighted by Gasteiger charge is -2.34. The van der Waals surface area contributed by atoms with Gasteiger partial charge >= 0.3 is 0 Å². The highest BCUT2D eigenvalue weighted by Crippen LogP contribution is 2.57. The zero-order valence-corrected chi connectivity index (χ0v) is 21.9. The predicted octanol–water partition coefficient (Wildman–Crippen LogP) is 10.0. The maximum atomic E-state index is 10.6. The minimum absolute atomic E-state index is 0.0740. The minimum atomic E-state index is -0.0740. The average molecular weight is 473 g/mol. The Balaban J connectivity index is 1.73. The first-order valence-corrected chi connectivity index (χ1v) is 14.2. The van der Waals surface area contributed by atoms with Crippen LogP contribution in [0.2, 0.25) is 0 Å². The van der Waals surface area contributed by atoms with Crippen molar-refractivity contribution in [3.8, 4) is 22.6 Å². The predicted molar refractivity (Wildman–Crippen MR) is 149 cm³/mol. The van der Waals surface area contributed by atoms with Gasteiger partial charge in [0, 0.05) is 5.41 Å². The first kappa shape index (κ1) is 25.6. The summed E-state index contributed by atoms with van der Waals surface area (Å²) in [4.78, 5) is 0. The molecule has 4 rings (SSSR count). The lowest BCUT2D eigenvalue weighted by atomic mass is 9.69. The summed E-state index contributed by atoms with van der Waals surface area (Å²) in [5, 5.41) is 23.1. The normalized spacial score (nSPS) is 13.8. The molecule has 188 valence electrons. The molecule has 0 atom stereocenters. The third-order valence-corrected chi connectivity index (χ3v) is 8.21. The van der Waals surface area contributed by atoms with Crippen LogP contribution >= 0.6 is 0 Å². The van der Waals surface area contributed by atoms with Crippen LogP contribution in [0, 0.1) is 0 Å². The molecule has 0 fully saturated rings. The van der Waals surface area contributed by atoms with Gasteiger partial charge in [-0.15, -0.1) is 0 Å². The molecule has 0 radical (unpaired) electrons. The number of benzene rings is 3. The van der Waals surface area contributed by atoms with Crippen LogP contribution in [-0.4, -0.2) is 10.2 Å². The summed E-state index contributed by atoms with van der Waals surface area (Å²) >= 11 is 0. The van der Waals surface area contributed by atoms with Crippen molar-refractivity contribution in [1.82, 2.24) is 0 Å². The van der Waals surface area contributed by atoms with E-state index in [9.17, 15) is 10.2 Å². The SMILES string of the molecule is CCCCCCCCC1(CCCCCCCC)c2cc(O)ccc2-c2ccc3cc(O)ccc3c21. The molecule has 0 spiro atoms. The molecule has 0 unspecified atom stereocenters. The van der Waals surface area contributed by atoms with Crippen LogP contribution in [0.25, 0.3) is 21.9 Å². The standard InChI is InChI=1S/C33H44O2/c1-3-5-7-9-11-13-21-33(22-14-12-10-8-6-4-2)31-24-27(35)17-20-29(31)30-18-15-25-23-26(34)16-19-28(25)32(30)33/h15-20,23-24,34-35H,3-14,21-22H2,1-2H3.